The highest BCUT2D eigenvalue weighted by Gasteiger charge is 2.19. The average molecular weight is 500 g/mol. The average Bonchev–Trinajstić information content (AvgIpc) is 2.64. The number of hydrogen-bond donors (Lipinski definition) is 2. The van der Waals surface area contributed by atoms with Gasteiger partial charge in [-0.2, -0.15) is 0 Å². The number of nitrogens with zero attached hydrogens (tertiary/aromatic N) is 2. The number of likely N-dealkylation sites (tertiary alicyclic amines) is 1. The lowest BCUT2D eigenvalue weighted by atomic mass is 10.0. The first kappa shape index (κ1) is 24.8. The van der Waals surface area contributed by atoms with Crippen molar-refractivity contribution in [1.29, 1.82) is 0 Å². The fourth-order valence-electron chi connectivity index (χ4n) is 3.45. The molecule has 6 heteroatoms. The van der Waals surface area contributed by atoms with Crippen molar-refractivity contribution in [1.82, 2.24) is 15.5 Å². The van der Waals surface area contributed by atoms with E-state index in [-0.39, 0.29) is 24.0 Å². The van der Waals surface area contributed by atoms with Gasteiger partial charge in [-0.25, -0.2) is 0 Å². The zero-order valence-electron chi connectivity index (χ0n) is 17.9. The van der Waals surface area contributed by atoms with E-state index in [1.165, 1.54) is 11.1 Å². The van der Waals surface area contributed by atoms with Gasteiger partial charge in [0, 0.05) is 38.8 Å². The molecule has 0 saturated carbocycles. The first-order chi connectivity index (χ1) is 13.0. The first-order valence-corrected chi connectivity index (χ1v) is 10.1. The zero-order chi connectivity index (χ0) is 19.6. The molecular formula is C22H37IN4O. The van der Waals surface area contributed by atoms with E-state index >= 15 is 0 Å². The number of ether oxygens (including phenoxy) is 1. The third-order valence-corrected chi connectivity index (χ3v) is 4.91. The van der Waals surface area contributed by atoms with Crippen LogP contribution in [-0.2, 0) is 6.42 Å². The van der Waals surface area contributed by atoms with Gasteiger partial charge >= 0.3 is 0 Å². The molecule has 1 aromatic carbocycles. The van der Waals surface area contributed by atoms with Crippen LogP contribution in [0, 0.1) is 6.92 Å². The third kappa shape index (κ3) is 8.39. The van der Waals surface area contributed by atoms with Crippen LogP contribution >= 0.6 is 24.0 Å². The van der Waals surface area contributed by atoms with Crippen molar-refractivity contribution in [3.05, 3.63) is 41.5 Å². The molecule has 28 heavy (non-hydrogen) atoms. The van der Waals surface area contributed by atoms with Crippen molar-refractivity contribution in [2.24, 2.45) is 4.99 Å². The smallest absolute Gasteiger partial charge is 0.191 e. The van der Waals surface area contributed by atoms with Gasteiger partial charge in [0.25, 0.3) is 0 Å². The summed E-state index contributed by atoms with van der Waals surface area (Å²) in [6.45, 7) is 15.2. The Kier molecular flexibility index (Phi) is 11.5. The van der Waals surface area contributed by atoms with Crippen LogP contribution in [0.1, 0.15) is 37.8 Å². The van der Waals surface area contributed by atoms with E-state index in [1.807, 2.05) is 0 Å². The van der Waals surface area contributed by atoms with Crippen molar-refractivity contribution in [2.45, 2.75) is 46.1 Å². The minimum absolute atomic E-state index is 0. The van der Waals surface area contributed by atoms with Crippen LogP contribution in [0.15, 0.2) is 35.3 Å². The van der Waals surface area contributed by atoms with Crippen molar-refractivity contribution < 1.29 is 4.74 Å². The number of methoxy groups -OCH3 is 1. The Balaban J connectivity index is 0.00000392. The molecule has 0 bridgehead atoms. The van der Waals surface area contributed by atoms with Gasteiger partial charge in [0.1, 0.15) is 5.75 Å². The van der Waals surface area contributed by atoms with Gasteiger partial charge in [-0.1, -0.05) is 24.3 Å². The van der Waals surface area contributed by atoms with Gasteiger partial charge in [-0.05, 0) is 57.2 Å². The lowest BCUT2D eigenvalue weighted by molar-refractivity contribution is 0.221. The number of hydrogen-bond acceptors (Lipinski definition) is 3. The molecule has 0 atom stereocenters. The summed E-state index contributed by atoms with van der Waals surface area (Å²) in [5.74, 6) is 1.87. The summed E-state index contributed by atoms with van der Waals surface area (Å²) in [6, 6.07) is 6.87. The highest BCUT2D eigenvalue weighted by Crippen LogP contribution is 2.19. The summed E-state index contributed by atoms with van der Waals surface area (Å²) in [4.78, 5) is 7.26. The van der Waals surface area contributed by atoms with E-state index in [1.54, 1.807) is 7.11 Å². The van der Waals surface area contributed by atoms with Crippen LogP contribution in [0.25, 0.3) is 0 Å². The van der Waals surface area contributed by atoms with Gasteiger partial charge in [0.15, 0.2) is 5.96 Å². The summed E-state index contributed by atoms with van der Waals surface area (Å²) in [7, 11) is 1.72. The molecule has 1 aromatic rings. The number of halogens is 1. The van der Waals surface area contributed by atoms with Crippen LogP contribution in [0.4, 0.5) is 0 Å². The van der Waals surface area contributed by atoms with Crippen molar-refractivity contribution in [3.63, 3.8) is 0 Å². The normalized spacial score (nSPS) is 15.6. The number of aliphatic imine (C=N–C) groups is 1. The van der Waals surface area contributed by atoms with Crippen LogP contribution in [0.5, 0.6) is 5.75 Å². The van der Waals surface area contributed by atoms with Crippen LogP contribution in [0.3, 0.4) is 0 Å². The molecule has 1 heterocycles. The first-order valence-electron chi connectivity index (χ1n) is 10.1. The summed E-state index contributed by atoms with van der Waals surface area (Å²) in [5.41, 5.74) is 3.66. The monoisotopic (exact) mass is 500 g/mol. The second kappa shape index (κ2) is 13.0. The third-order valence-electron chi connectivity index (χ3n) is 4.91. The summed E-state index contributed by atoms with van der Waals surface area (Å²) >= 11 is 0. The SMILES string of the molecule is C=C(C)CN1CCC(NC(=NCCc2ccc(C)c(OC)c2)NCC)CC1.I. The van der Waals surface area contributed by atoms with Crippen molar-refractivity contribution in [2.75, 3.05) is 39.8 Å². The molecule has 0 amide bonds. The summed E-state index contributed by atoms with van der Waals surface area (Å²) in [6.07, 6.45) is 3.20. The number of benzene rings is 1. The molecule has 1 fully saturated rings. The largest absolute Gasteiger partial charge is 0.496 e. The fourth-order valence-corrected chi connectivity index (χ4v) is 3.45. The van der Waals surface area contributed by atoms with E-state index in [9.17, 15) is 0 Å². The maximum absolute atomic E-state index is 5.41. The number of nitrogens with one attached hydrogen (secondary N) is 2. The van der Waals surface area contributed by atoms with E-state index in [2.05, 4.69) is 61.1 Å². The molecular weight excluding hydrogens is 463 g/mol. The minimum Gasteiger partial charge on any atom is -0.496 e. The van der Waals surface area contributed by atoms with Crippen molar-refractivity contribution in [3.8, 4) is 5.75 Å². The Morgan fingerprint density at radius 1 is 1.32 bits per heavy atom. The van der Waals surface area contributed by atoms with E-state index in [0.29, 0.717) is 6.04 Å². The Morgan fingerprint density at radius 3 is 2.64 bits per heavy atom. The molecule has 158 valence electrons. The van der Waals surface area contributed by atoms with Crippen LogP contribution < -0.4 is 15.4 Å². The van der Waals surface area contributed by atoms with Gasteiger partial charge in [-0.15, -0.1) is 24.0 Å². The number of piperidine rings is 1. The Morgan fingerprint density at radius 2 is 2.04 bits per heavy atom. The van der Waals surface area contributed by atoms with Crippen molar-refractivity contribution >= 4 is 29.9 Å². The topological polar surface area (TPSA) is 48.9 Å². The second-order valence-corrected chi connectivity index (χ2v) is 7.47. The number of guanidine groups is 1. The van der Waals surface area contributed by atoms with E-state index < -0.39 is 0 Å². The second-order valence-electron chi connectivity index (χ2n) is 7.47. The zero-order valence-corrected chi connectivity index (χ0v) is 20.2. The molecule has 0 aromatic heterocycles. The maximum atomic E-state index is 5.41. The summed E-state index contributed by atoms with van der Waals surface area (Å²) < 4.78 is 5.41. The maximum Gasteiger partial charge on any atom is 0.191 e. The molecule has 1 saturated heterocycles. The lowest BCUT2D eigenvalue weighted by Crippen LogP contribution is -2.48. The fraction of sp³-hybridized carbons (Fsp3) is 0.591. The lowest BCUT2D eigenvalue weighted by Gasteiger charge is -2.33. The predicted molar refractivity (Wildman–Crippen MR) is 130 cm³/mol. The standard InChI is InChI=1S/C22H36N4O.HI/c1-6-23-22(25-20-10-13-26(14-11-20)16-17(2)3)24-12-9-19-8-7-18(4)21(15-19)27-5;/h7-8,15,20H,2,6,9-14,16H2,1,3-5H3,(H2,23,24,25);1H. The molecule has 1 aliphatic rings. The van der Waals surface area contributed by atoms with Gasteiger partial charge in [0.2, 0.25) is 0 Å². The molecule has 0 spiro atoms. The highest BCUT2D eigenvalue weighted by molar-refractivity contribution is 14.0. The van der Waals surface area contributed by atoms with E-state index in [0.717, 1.165) is 69.3 Å². The van der Waals surface area contributed by atoms with E-state index in [4.69, 9.17) is 9.73 Å². The Hall–Kier alpha value is -1.28. The van der Waals surface area contributed by atoms with Gasteiger partial charge in [-0.3, -0.25) is 9.89 Å². The summed E-state index contributed by atoms with van der Waals surface area (Å²) in [5, 5.41) is 6.99. The Bertz CT molecular complexity index is 639. The highest BCUT2D eigenvalue weighted by atomic mass is 127. The number of rotatable bonds is 8. The van der Waals surface area contributed by atoms with Gasteiger partial charge in [0.05, 0.1) is 7.11 Å². The molecule has 1 aliphatic heterocycles. The predicted octanol–water partition coefficient (Wildman–Crippen LogP) is 3.76. The van der Waals surface area contributed by atoms with Crippen LogP contribution in [0.2, 0.25) is 0 Å². The van der Waals surface area contributed by atoms with Gasteiger partial charge < -0.3 is 15.4 Å². The number of aryl methyl sites for hydroxylation is 1. The van der Waals surface area contributed by atoms with Crippen LogP contribution in [-0.4, -0.2) is 56.7 Å². The molecule has 0 unspecified atom stereocenters. The quantitative estimate of drug-likeness (QED) is 0.247. The molecule has 0 radical (unpaired) electrons. The minimum atomic E-state index is 0. The molecule has 2 N–H and O–H groups in total. The Labute approximate surface area is 188 Å². The molecule has 0 aliphatic carbocycles. The molecule has 5 nitrogen and oxygen atoms in total. The molecule has 2 rings (SSSR count).